The van der Waals surface area contributed by atoms with Crippen LogP contribution in [0.5, 0.6) is 0 Å². The largest absolute Gasteiger partial charge is 0.463 e. The fourth-order valence-corrected chi connectivity index (χ4v) is 2.32. The first kappa shape index (κ1) is 14.1. The smallest absolute Gasteiger partial charge is 0.338 e. The molecule has 0 spiro atoms. The Kier molecular flexibility index (Phi) is 4.08. The number of hydrogen-bond donors (Lipinski definition) is 2. The van der Waals surface area contributed by atoms with Crippen molar-refractivity contribution in [3.63, 3.8) is 0 Å². The second-order valence-electron chi connectivity index (χ2n) is 4.65. The molecule has 20 heavy (non-hydrogen) atoms. The summed E-state index contributed by atoms with van der Waals surface area (Å²) in [4.78, 5) is 23.8. The van der Waals surface area contributed by atoms with Gasteiger partial charge in [-0.15, -0.1) is 0 Å². The Morgan fingerprint density at radius 2 is 2.00 bits per heavy atom. The van der Waals surface area contributed by atoms with E-state index in [2.05, 4.69) is 10.6 Å². The number of esters is 1. The zero-order chi connectivity index (χ0) is 14.7. The van der Waals surface area contributed by atoms with Gasteiger partial charge in [0, 0.05) is 5.70 Å². The van der Waals surface area contributed by atoms with Crippen molar-refractivity contribution in [1.29, 1.82) is 0 Å². The molecular weight excluding hydrogens is 256 g/mol. The molecule has 0 aromatic heterocycles. The highest BCUT2D eigenvalue weighted by Gasteiger charge is 2.32. The van der Waals surface area contributed by atoms with E-state index in [1.165, 1.54) is 0 Å². The van der Waals surface area contributed by atoms with Crippen LogP contribution in [-0.2, 0) is 9.53 Å². The topological polar surface area (TPSA) is 67.4 Å². The van der Waals surface area contributed by atoms with Crippen LogP contribution in [0.1, 0.15) is 31.0 Å². The molecule has 0 fully saturated rings. The molecule has 2 N–H and O–H groups in total. The van der Waals surface area contributed by atoms with Crippen molar-refractivity contribution < 1.29 is 14.3 Å². The number of urea groups is 1. The molecule has 106 valence electrons. The number of rotatable bonds is 3. The first-order chi connectivity index (χ1) is 9.54. The van der Waals surface area contributed by atoms with Crippen molar-refractivity contribution in [3.8, 4) is 0 Å². The van der Waals surface area contributed by atoms with Crippen LogP contribution in [-0.4, -0.2) is 18.6 Å². The zero-order valence-electron chi connectivity index (χ0n) is 11.8. The number of hydrogen-bond acceptors (Lipinski definition) is 3. The van der Waals surface area contributed by atoms with Crippen LogP contribution in [0.2, 0.25) is 0 Å². The minimum absolute atomic E-state index is 0.296. The Balaban J connectivity index is 2.48. The summed E-state index contributed by atoms with van der Waals surface area (Å²) < 4.78 is 5.09. The van der Waals surface area contributed by atoms with E-state index in [0.717, 1.165) is 11.1 Å². The number of carbonyl (C=O) groups excluding carboxylic acids is 2. The van der Waals surface area contributed by atoms with E-state index in [4.69, 9.17) is 4.74 Å². The molecule has 1 aromatic carbocycles. The van der Waals surface area contributed by atoms with Gasteiger partial charge in [0.25, 0.3) is 0 Å². The molecule has 1 unspecified atom stereocenters. The third-order valence-electron chi connectivity index (χ3n) is 3.26. The lowest BCUT2D eigenvalue weighted by Crippen LogP contribution is -2.45. The number of ether oxygens (including phenoxy) is 1. The molecule has 1 aromatic rings. The van der Waals surface area contributed by atoms with Crippen LogP contribution in [0.4, 0.5) is 4.79 Å². The molecule has 1 aliphatic rings. The lowest BCUT2D eigenvalue weighted by atomic mass is 9.92. The average Bonchev–Trinajstić information content (AvgIpc) is 2.38. The number of nitrogens with one attached hydrogen (secondary N) is 2. The maximum absolute atomic E-state index is 12.1. The van der Waals surface area contributed by atoms with E-state index in [1.54, 1.807) is 13.8 Å². The van der Waals surface area contributed by atoms with Crippen LogP contribution >= 0.6 is 0 Å². The summed E-state index contributed by atoms with van der Waals surface area (Å²) in [6, 6.07) is 6.85. The molecule has 5 heteroatoms. The van der Waals surface area contributed by atoms with E-state index in [0.29, 0.717) is 17.9 Å². The summed E-state index contributed by atoms with van der Waals surface area (Å²) in [5, 5.41) is 5.40. The molecule has 2 amide bonds. The van der Waals surface area contributed by atoms with Gasteiger partial charge in [-0.3, -0.25) is 0 Å². The van der Waals surface area contributed by atoms with Crippen LogP contribution in [0.25, 0.3) is 0 Å². The van der Waals surface area contributed by atoms with Crippen LogP contribution < -0.4 is 10.6 Å². The fourth-order valence-electron chi connectivity index (χ4n) is 2.32. The predicted molar refractivity (Wildman–Crippen MR) is 74.9 cm³/mol. The standard InChI is InChI=1S/C15H18N2O3/c1-4-20-14(18)12-10(3)16-15(19)17-13(12)11-8-6-5-7-9(11)2/h5-8,13H,4H2,1-3H3,(H2,16,17,19). The van der Waals surface area contributed by atoms with Crippen LogP contribution in [0.15, 0.2) is 35.5 Å². The third-order valence-corrected chi connectivity index (χ3v) is 3.26. The average molecular weight is 274 g/mol. The Morgan fingerprint density at radius 1 is 1.30 bits per heavy atom. The second kappa shape index (κ2) is 5.77. The van der Waals surface area contributed by atoms with Gasteiger partial charge in [0.2, 0.25) is 0 Å². The van der Waals surface area contributed by atoms with Crippen molar-refractivity contribution in [3.05, 3.63) is 46.7 Å². The summed E-state index contributed by atoms with van der Waals surface area (Å²) in [5.41, 5.74) is 2.88. The Labute approximate surface area is 118 Å². The summed E-state index contributed by atoms with van der Waals surface area (Å²) >= 11 is 0. The van der Waals surface area contributed by atoms with Gasteiger partial charge in [0.15, 0.2) is 0 Å². The SMILES string of the molecule is CCOC(=O)C1=C(C)NC(=O)NC1c1ccccc1C. The van der Waals surface area contributed by atoms with E-state index < -0.39 is 12.0 Å². The fraction of sp³-hybridized carbons (Fsp3) is 0.333. The normalized spacial score (nSPS) is 18.4. The number of benzene rings is 1. The summed E-state index contributed by atoms with van der Waals surface area (Å²) in [6.45, 7) is 5.70. The highest BCUT2D eigenvalue weighted by molar-refractivity contribution is 5.95. The van der Waals surface area contributed by atoms with Crippen molar-refractivity contribution in [2.45, 2.75) is 26.8 Å². The molecule has 1 aliphatic heterocycles. The highest BCUT2D eigenvalue weighted by Crippen LogP contribution is 2.29. The number of allylic oxidation sites excluding steroid dienone is 1. The minimum Gasteiger partial charge on any atom is -0.463 e. The quantitative estimate of drug-likeness (QED) is 0.830. The maximum atomic E-state index is 12.1. The zero-order valence-corrected chi connectivity index (χ0v) is 11.8. The third kappa shape index (κ3) is 2.66. The van der Waals surface area contributed by atoms with Gasteiger partial charge in [-0.05, 0) is 31.9 Å². The van der Waals surface area contributed by atoms with Gasteiger partial charge in [0.05, 0.1) is 18.2 Å². The number of amides is 2. The molecule has 1 atom stereocenters. The van der Waals surface area contributed by atoms with E-state index in [-0.39, 0.29) is 6.03 Å². The van der Waals surface area contributed by atoms with Gasteiger partial charge in [-0.1, -0.05) is 24.3 Å². The molecule has 0 bridgehead atoms. The van der Waals surface area contributed by atoms with Gasteiger partial charge < -0.3 is 15.4 Å². The summed E-state index contributed by atoms with van der Waals surface area (Å²) in [7, 11) is 0. The van der Waals surface area contributed by atoms with E-state index in [1.807, 2.05) is 31.2 Å². The lowest BCUT2D eigenvalue weighted by Gasteiger charge is -2.29. The van der Waals surface area contributed by atoms with E-state index in [9.17, 15) is 9.59 Å². The van der Waals surface area contributed by atoms with Crippen molar-refractivity contribution in [2.75, 3.05) is 6.61 Å². The lowest BCUT2D eigenvalue weighted by molar-refractivity contribution is -0.139. The minimum atomic E-state index is -0.482. The summed E-state index contributed by atoms with van der Waals surface area (Å²) in [6.07, 6.45) is 0. The summed E-state index contributed by atoms with van der Waals surface area (Å²) in [5.74, 6) is -0.411. The maximum Gasteiger partial charge on any atom is 0.338 e. The van der Waals surface area contributed by atoms with Crippen molar-refractivity contribution in [1.82, 2.24) is 10.6 Å². The van der Waals surface area contributed by atoms with Gasteiger partial charge in [0.1, 0.15) is 0 Å². The number of aryl methyl sites for hydroxylation is 1. The van der Waals surface area contributed by atoms with Gasteiger partial charge in [-0.2, -0.15) is 0 Å². The van der Waals surface area contributed by atoms with Gasteiger partial charge >= 0.3 is 12.0 Å². The predicted octanol–water partition coefficient (Wildman–Crippen LogP) is 2.19. The van der Waals surface area contributed by atoms with Gasteiger partial charge in [-0.25, -0.2) is 9.59 Å². The second-order valence-corrected chi connectivity index (χ2v) is 4.65. The monoisotopic (exact) mass is 274 g/mol. The molecular formula is C15H18N2O3. The van der Waals surface area contributed by atoms with Crippen LogP contribution in [0, 0.1) is 6.92 Å². The van der Waals surface area contributed by atoms with E-state index >= 15 is 0 Å². The molecule has 1 heterocycles. The first-order valence-electron chi connectivity index (χ1n) is 6.55. The van der Waals surface area contributed by atoms with Crippen LogP contribution in [0.3, 0.4) is 0 Å². The van der Waals surface area contributed by atoms with Crippen molar-refractivity contribution in [2.24, 2.45) is 0 Å². The highest BCUT2D eigenvalue weighted by atomic mass is 16.5. The molecule has 0 radical (unpaired) electrons. The molecule has 5 nitrogen and oxygen atoms in total. The molecule has 0 saturated carbocycles. The Bertz CT molecular complexity index is 578. The Morgan fingerprint density at radius 3 is 2.65 bits per heavy atom. The van der Waals surface area contributed by atoms with Crippen molar-refractivity contribution >= 4 is 12.0 Å². The first-order valence-corrected chi connectivity index (χ1v) is 6.55. The molecule has 0 saturated heterocycles. The molecule has 0 aliphatic carbocycles. The molecule has 2 rings (SSSR count). The number of carbonyl (C=O) groups is 2. The Hall–Kier alpha value is -2.30.